The van der Waals surface area contributed by atoms with Gasteiger partial charge in [-0.15, -0.1) is 0 Å². The Morgan fingerprint density at radius 1 is 1.00 bits per heavy atom. The van der Waals surface area contributed by atoms with E-state index in [-0.39, 0.29) is 11.4 Å². The van der Waals surface area contributed by atoms with Crippen LogP contribution in [-0.4, -0.2) is 30.1 Å². The topological polar surface area (TPSA) is 85.4 Å². The van der Waals surface area contributed by atoms with Gasteiger partial charge in [-0.2, -0.15) is 0 Å². The molecule has 0 aliphatic rings. The summed E-state index contributed by atoms with van der Waals surface area (Å²) in [4.78, 5) is 20.4. The molecule has 0 saturated carbocycles. The minimum atomic E-state index is -0.554. The zero-order chi connectivity index (χ0) is 19.2. The Labute approximate surface area is 155 Å². The van der Waals surface area contributed by atoms with Gasteiger partial charge in [0.25, 0.3) is 5.91 Å². The van der Waals surface area contributed by atoms with Crippen LogP contribution < -0.4 is 20.1 Å². The first kappa shape index (κ1) is 18.1. The van der Waals surface area contributed by atoms with Crippen LogP contribution in [0.3, 0.4) is 0 Å². The van der Waals surface area contributed by atoms with Crippen LogP contribution in [0, 0.1) is 5.82 Å². The predicted octanol–water partition coefficient (Wildman–Crippen LogP) is 3.63. The van der Waals surface area contributed by atoms with Crippen molar-refractivity contribution in [3.8, 4) is 11.5 Å². The van der Waals surface area contributed by atoms with Crippen LogP contribution in [-0.2, 0) is 0 Å². The molecule has 0 aliphatic carbocycles. The Balaban J connectivity index is 1.72. The molecule has 138 valence electrons. The number of carbonyl (C=O) groups is 1. The third kappa shape index (κ3) is 4.30. The molecule has 3 rings (SSSR count). The lowest BCUT2D eigenvalue weighted by Gasteiger charge is -2.12. The molecule has 0 unspecified atom stereocenters. The number of hydrogen-bond donors (Lipinski definition) is 2. The first-order valence-corrected chi connectivity index (χ1v) is 7.97. The molecule has 0 spiro atoms. The number of amides is 1. The number of anilines is 3. The van der Waals surface area contributed by atoms with E-state index in [2.05, 4.69) is 20.6 Å². The van der Waals surface area contributed by atoms with Crippen LogP contribution >= 0.6 is 0 Å². The molecule has 27 heavy (non-hydrogen) atoms. The summed E-state index contributed by atoms with van der Waals surface area (Å²) < 4.78 is 24.1. The van der Waals surface area contributed by atoms with Gasteiger partial charge in [-0.25, -0.2) is 14.4 Å². The number of para-hydroxylation sites is 1. The molecule has 2 N–H and O–H groups in total. The number of rotatable bonds is 6. The fraction of sp³-hybridized carbons (Fsp3) is 0.105. The van der Waals surface area contributed by atoms with Gasteiger partial charge in [0, 0.05) is 6.07 Å². The number of ether oxygens (including phenoxy) is 2. The van der Waals surface area contributed by atoms with Gasteiger partial charge in [-0.05, 0) is 24.3 Å². The van der Waals surface area contributed by atoms with E-state index in [0.717, 1.165) is 0 Å². The van der Waals surface area contributed by atoms with Crippen LogP contribution in [0.5, 0.6) is 11.5 Å². The van der Waals surface area contributed by atoms with Crippen LogP contribution in [0.2, 0.25) is 0 Å². The van der Waals surface area contributed by atoms with Gasteiger partial charge >= 0.3 is 0 Å². The Morgan fingerprint density at radius 3 is 2.48 bits per heavy atom. The van der Waals surface area contributed by atoms with Crippen LogP contribution in [0.25, 0.3) is 0 Å². The average Bonchev–Trinajstić information content (AvgIpc) is 2.70. The smallest absolute Gasteiger partial charge is 0.275 e. The molecule has 0 bridgehead atoms. The molecule has 0 atom stereocenters. The summed E-state index contributed by atoms with van der Waals surface area (Å²) in [5, 5.41) is 5.51. The van der Waals surface area contributed by atoms with Gasteiger partial charge in [-0.1, -0.05) is 12.1 Å². The van der Waals surface area contributed by atoms with Crippen molar-refractivity contribution in [1.82, 2.24) is 9.97 Å². The van der Waals surface area contributed by atoms with Crippen molar-refractivity contribution in [2.75, 3.05) is 24.9 Å². The molecule has 1 amide bonds. The van der Waals surface area contributed by atoms with E-state index in [4.69, 9.17) is 9.47 Å². The van der Waals surface area contributed by atoms with E-state index in [0.29, 0.717) is 23.0 Å². The molecule has 0 aliphatic heterocycles. The van der Waals surface area contributed by atoms with Crippen molar-refractivity contribution < 1.29 is 18.7 Å². The summed E-state index contributed by atoms with van der Waals surface area (Å²) in [7, 11) is 3.11. The Kier molecular flexibility index (Phi) is 5.46. The monoisotopic (exact) mass is 368 g/mol. The highest BCUT2D eigenvalue weighted by Gasteiger charge is 2.12. The van der Waals surface area contributed by atoms with Crippen LogP contribution in [0.15, 0.2) is 54.9 Å². The predicted molar refractivity (Wildman–Crippen MR) is 99.2 cm³/mol. The lowest BCUT2D eigenvalue weighted by Crippen LogP contribution is -2.15. The van der Waals surface area contributed by atoms with Crippen molar-refractivity contribution in [2.24, 2.45) is 0 Å². The Morgan fingerprint density at radius 2 is 1.81 bits per heavy atom. The summed E-state index contributed by atoms with van der Waals surface area (Å²) in [6.45, 7) is 0. The second kappa shape index (κ2) is 8.13. The number of methoxy groups -OCH3 is 2. The van der Waals surface area contributed by atoms with Gasteiger partial charge in [-0.3, -0.25) is 4.79 Å². The number of aromatic nitrogens is 2. The summed E-state index contributed by atoms with van der Waals surface area (Å²) in [5.41, 5.74) is 0.802. The molecular formula is C19H17FN4O3. The van der Waals surface area contributed by atoms with Gasteiger partial charge < -0.3 is 20.1 Å². The Hall–Kier alpha value is -3.68. The van der Waals surface area contributed by atoms with Crippen molar-refractivity contribution in [2.45, 2.75) is 0 Å². The Bertz CT molecular complexity index is 948. The fourth-order valence-corrected chi connectivity index (χ4v) is 2.30. The normalized spacial score (nSPS) is 10.2. The zero-order valence-corrected chi connectivity index (χ0v) is 14.7. The molecule has 1 aromatic heterocycles. The van der Waals surface area contributed by atoms with Crippen LogP contribution in [0.1, 0.15) is 10.5 Å². The van der Waals surface area contributed by atoms with E-state index in [1.54, 1.807) is 44.6 Å². The van der Waals surface area contributed by atoms with E-state index in [1.165, 1.54) is 24.5 Å². The van der Waals surface area contributed by atoms with E-state index < -0.39 is 11.7 Å². The second-order valence-electron chi connectivity index (χ2n) is 5.41. The minimum Gasteiger partial charge on any atom is -0.497 e. The lowest BCUT2D eigenvalue weighted by molar-refractivity contribution is 0.102. The summed E-state index contributed by atoms with van der Waals surface area (Å²) in [6, 6.07) is 11.2. The maximum absolute atomic E-state index is 13.6. The third-order valence-electron chi connectivity index (χ3n) is 3.68. The highest BCUT2D eigenvalue weighted by molar-refractivity contribution is 6.02. The molecule has 0 radical (unpaired) electrons. The van der Waals surface area contributed by atoms with Gasteiger partial charge in [0.2, 0.25) is 0 Å². The number of carbonyl (C=O) groups excluding carboxylic acids is 1. The first-order valence-electron chi connectivity index (χ1n) is 7.97. The minimum absolute atomic E-state index is 0.0606. The van der Waals surface area contributed by atoms with E-state index in [1.807, 2.05) is 0 Å². The molecule has 3 aromatic rings. The molecule has 1 heterocycles. The number of hydrogen-bond acceptors (Lipinski definition) is 6. The lowest BCUT2D eigenvalue weighted by atomic mass is 10.2. The van der Waals surface area contributed by atoms with Crippen molar-refractivity contribution in [3.63, 3.8) is 0 Å². The highest BCUT2D eigenvalue weighted by atomic mass is 19.1. The maximum atomic E-state index is 13.6. The number of benzene rings is 2. The van der Waals surface area contributed by atoms with Gasteiger partial charge in [0.15, 0.2) is 0 Å². The molecule has 0 fully saturated rings. The third-order valence-corrected chi connectivity index (χ3v) is 3.68. The molecule has 2 aromatic carbocycles. The van der Waals surface area contributed by atoms with Gasteiger partial charge in [0.1, 0.15) is 28.8 Å². The van der Waals surface area contributed by atoms with Gasteiger partial charge in [0.05, 0.1) is 38.0 Å². The molecule has 8 heteroatoms. The second-order valence-corrected chi connectivity index (χ2v) is 5.41. The average molecular weight is 368 g/mol. The molecular weight excluding hydrogens is 351 g/mol. The fourth-order valence-electron chi connectivity index (χ4n) is 2.30. The molecule has 7 nitrogen and oxygen atoms in total. The highest BCUT2D eigenvalue weighted by Crippen LogP contribution is 2.30. The zero-order valence-electron chi connectivity index (χ0n) is 14.7. The standard InChI is InChI=1S/C19H17FN4O3/c1-26-12-7-8-15(17(9-12)27-2)23-18-11-21-16(10-22-18)19(25)24-14-6-4-3-5-13(14)20/h3-11H,1-2H3,(H,22,23)(H,24,25). The number of nitrogens with zero attached hydrogens (tertiary/aromatic N) is 2. The van der Waals surface area contributed by atoms with Crippen LogP contribution in [0.4, 0.5) is 21.6 Å². The summed E-state index contributed by atoms with van der Waals surface area (Å²) in [5.74, 6) is 0.562. The number of nitrogens with one attached hydrogen (secondary N) is 2. The SMILES string of the molecule is COc1ccc(Nc2cnc(C(=O)Nc3ccccc3F)cn2)c(OC)c1. The maximum Gasteiger partial charge on any atom is 0.275 e. The van der Waals surface area contributed by atoms with Crippen molar-refractivity contribution >= 4 is 23.1 Å². The van der Waals surface area contributed by atoms with E-state index in [9.17, 15) is 9.18 Å². The summed E-state index contributed by atoms with van der Waals surface area (Å²) in [6.07, 6.45) is 2.70. The van der Waals surface area contributed by atoms with Crippen molar-refractivity contribution in [3.05, 3.63) is 66.4 Å². The quantitative estimate of drug-likeness (QED) is 0.691. The van der Waals surface area contributed by atoms with E-state index >= 15 is 0 Å². The summed E-state index contributed by atoms with van der Waals surface area (Å²) >= 11 is 0. The number of halogens is 1. The largest absolute Gasteiger partial charge is 0.497 e. The first-order chi connectivity index (χ1) is 13.1. The molecule has 0 saturated heterocycles. The van der Waals surface area contributed by atoms with Crippen molar-refractivity contribution in [1.29, 1.82) is 0 Å².